The average Bonchev–Trinajstić information content (AvgIpc) is 3.03. The molecule has 2 amide bonds. The molecule has 0 saturated carbocycles. The number of aryl methyl sites for hydroxylation is 1. The molecule has 0 bridgehead atoms. The Kier molecular flexibility index (Phi) is 9.99. The summed E-state index contributed by atoms with van der Waals surface area (Å²) in [7, 11) is 3.04. The number of hydrogen-bond acceptors (Lipinski definition) is 8. The Balaban J connectivity index is 1.08. The van der Waals surface area contributed by atoms with Crippen LogP contribution in [0.2, 0.25) is 0 Å². The van der Waals surface area contributed by atoms with E-state index in [-0.39, 0.29) is 17.9 Å². The number of methoxy groups -OCH3 is 2. The van der Waals surface area contributed by atoms with E-state index in [9.17, 15) is 9.59 Å². The first-order valence-electron chi connectivity index (χ1n) is 14.8. The molecule has 0 atom stereocenters. The van der Waals surface area contributed by atoms with Crippen molar-refractivity contribution in [2.75, 3.05) is 66.6 Å². The number of aromatic nitrogens is 1. The van der Waals surface area contributed by atoms with Crippen molar-refractivity contribution in [3.05, 3.63) is 83.2 Å². The van der Waals surface area contributed by atoms with Crippen LogP contribution in [0, 0.1) is 0 Å². The first kappa shape index (κ1) is 30.2. The van der Waals surface area contributed by atoms with Crippen molar-refractivity contribution in [2.45, 2.75) is 25.9 Å². The Morgan fingerprint density at radius 3 is 2.30 bits per heavy atom. The summed E-state index contributed by atoms with van der Waals surface area (Å²) in [6, 6.07) is 17.9. The van der Waals surface area contributed by atoms with Crippen molar-refractivity contribution in [1.82, 2.24) is 19.7 Å². The average molecular weight is 589 g/mol. The first-order chi connectivity index (χ1) is 21.0. The second-order valence-corrected chi connectivity index (χ2v) is 10.8. The quantitative estimate of drug-likeness (QED) is 0.329. The summed E-state index contributed by atoms with van der Waals surface area (Å²) >= 11 is 0. The van der Waals surface area contributed by atoms with E-state index in [2.05, 4.69) is 41.1 Å². The molecule has 10 heteroatoms. The minimum Gasteiger partial charge on any atom is -0.493 e. The van der Waals surface area contributed by atoms with Crippen LogP contribution in [0.15, 0.2) is 60.8 Å². The summed E-state index contributed by atoms with van der Waals surface area (Å²) in [6.07, 6.45) is 2.33. The normalized spacial score (nSPS) is 15.5. The molecule has 0 aliphatic carbocycles. The fourth-order valence-corrected chi connectivity index (χ4v) is 5.30. The Bertz CT molecular complexity index is 1380. The number of likely N-dealkylation sites (tertiary alicyclic amines) is 1. The molecule has 5 rings (SSSR count). The molecule has 2 aromatic carbocycles. The van der Waals surface area contributed by atoms with Gasteiger partial charge in [-0.2, -0.15) is 0 Å². The largest absolute Gasteiger partial charge is 0.493 e. The van der Waals surface area contributed by atoms with Gasteiger partial charge in [-0.1, -0.05) is 37.3 Å². The van der Waals surface area contributed by atoms with Gasteiger partial charge in [0, 0.05) is 64.0 Å². The molecule has 0 unspecified atom stereocenters. The van der Waals surface area contributed by atoms with Gasteiger partial charge in [0.15, 0.2) is 11.5 Å². The highest BCUT2D eigenvalue weighted by Gasteiger charge is 2.33. The van der Waals surface area contributed by atoms with Gasteiger partial charge < -0.3 is 28.7 Å². The van der Waals surface area contributed by atoms with Gasteiger partial charge in [-0.15, -0.1) is 0 Å². The Morgan fingerprint density at radius 1 is 0.860 bits per heavy atom. The standard InChI is InChI=1S/C33H40N4O6/c1-4-24-5-7-25(8-6-24)23-43-30-10-9-26(19-31(30)40-2)27-21-37(22-27)32(38)29-20-28(11-12-34-29)42-18-17-35-13-15-36(16-14-35)33(39)41-3/h5-12,19-20,27H,4,13-18,21-23H2,1-3H3. The van der Waals surface area contributed by atoms with Gasteiger partial charge in [-0.25, -0.2) is 4.79 Å². The van der Waals surface area contributed by atoms with Gasteiger partial charge in [0.1, 0.15) is 24.7 Å². The summed E-state index contributed by atoms with van der Waals surface area (Å²) in [5.74, 6) is 2.10. The molecule has 43 heavy (non-hydrogen) atoms. The van der Waals surface area contributed by atoms with Crippen LogP contribution in [0.3, 0.4) is 0 Å². The van der Waals surface area contributed by atoms with Gasteiger partial charge in [0.05, 0.1) is 14.2 Å². The second-order valence-electron chi connectivity index (χ2n) is 10.8. The lowest BCUT2D eigenvalue weighted by Gasteiger charge is -2.39. The summed E-state index contributed by atoms with van der Waals surface area (Å²) < 4.78 is 22.4. The van der Waals surface area contributed by atoms with Crippen LogP contribution >= 0.6 is 0 Å². The molecule has 10 nitrogen and oxygen atoms in total. The Labute approximate surface area is 253 Å². The molecule has 2 fully saturated rings. The van der Waals surface area contributed by atoms with Crippen molar-refractivity contribution in [3.8, 4) is 17.2 Å². The minimum atomic E-state index is -0.287. The van der Waals surface area contributed by atoms with Crippen LogP contribution in [0.1, 0.15) is 40.0 Å². The summed E-state index contributed by atoms with van der Waals surface area (Å²) in [5.41, 5.74) is 3.89. The maximum absolute atomic E-state index is 13.1. The molecule has 2 aliphatic rings. The van der Waals surface area contributed by atoms with Gasteiger partial charge in [-0.05, 0) is 41.3 Å². The van der Waals surface area contributed by atoms with Crippen molar-refractivity contribution < 1.29 is 28.5 Å². The van der Waals surface area contributed by atoms with Gasteiger partial charge >= 0.3 is 6.09 Å². The van der Waals surface area contributed by atoms with Crippen LogP contribution in [0.5, 0.6) is 17.2 Å². The molecule has 2 saturated heterocycles. The third-order valence-electron chi connectivity index (χ3n) is 8.09. The van der Waals surface area contributed by atoms with E-state index in [1.807, 2.05) is 18.2 Å². The van der Waals surface area contributed by atoms with E-state index in [0.717, 1.165) is 37.2 Å². The zero-order valence-electron chi connectivity index (χ0n) is 25.2. The minimum absolute atomic E-state index is 0.110. The number of pyridine rings is 1. The van der Waals surface area contributed by atoms with E-state index in [0.29, 0.717) is 62.3 Å². The summed E-state index contributed by atoms with van der Waals surface area (Å²) in [6.45, 7) is 7.84. The van der Waals surface area contributed by atoms with E-state index >= 15 is 0 Å². The van der Waals surface area contributed by atoms with Gasteiger partial charge in [-0.3, -0.25) is 14.7 Å². The van der Waals surface area contributed by atoms with Crippen LogP contribution in [-0.2, 0) is 17.8 Å². The van der Waals surface area contributed by atoms with E-state index in [1.165, 1.54) is 12.7 Å². The molecule has 0 N–H and O–H groups in total. The highest BCUT2D eigenvalue weighted by Crippen LogP contribution is 2.35. The van der Waals surface area contributed by atoms with Crippen LogP contribution < -0.4 is 14.2 Å². The fourth-order valence-electron chi connectivity index (χ4n) is 5.30. The first-order valence-corrected chi connectivity index (χ1v) is 14.8. The zero-order chi connectivity index (χ0) is 30.2. The smallest absolute Gasteiger partial charge is 0.409 e. The topological polar surface area (TPSA) is 93.7 Å². The Morgan fingerprint density at radius 2 is 1.60 bits per heavy atom. The van der Waals surface area contributed by atoms with E-state index < -0.39 is 0 Å². The lowest BCUT2D eigenvalue weighted by Crippen LogP contribution is -2.49. The van der Waals surface area contributed by atoms with Crippen molar-refractivity contribution >= 4 is 12.0 Å². The molecule has 3 aromatic rings. The third kappa shape index (κ3) is 7.56. The van der Waals surface area contributed by atoms with Gasteiger partial charge in [0.2, 0.25) is 0 Å². The monoisotopic (exact) mass is 588 g/mol. The zero-order valence-corrected chi connectivity index (χ0v) is 25.2. The maximum atomic E-state index is 13.1. The number of amides is 2. The number of benzene rings is 2. The molecule has 0 radical (unpaired) electrons. The van der Waals surface area contributed by atoms with Gasteiger partial charge in [0.25, 0.3) is 5.91 Å². The predicted molar refractivity (Wildman–Crippen MR) is 162 cm³/mol. The van der Waals surface area contributed by atoms with Crippen LogP contribution in [0.25, 0.3) is 0 Å². The lowest BCUT2D eigenvalue weighted by molar-refractivity contribution is 0.0595. The molecule has 1 aromatic heterocycles. The lowest BCUT2D eigenvalue weighted by atomic mass is 9.91. The number of carbonyl (C=O) groups is 2. The van der Waals surface area contributed by atoms with Crippen LogP contribution in [-0.4, -0.2) is 98.3 Å². The molecule has 228 valence electrons. The van der Waals surface area contributed by atoms with Crippen molar-refractivity contribution in [2.24, 2.45) is 0 Å². The SMILES string of the molecule is CCc1ccc(COc2ccc(C3CN(C(=O)c4cc(OCCN5CCN(C(=O)OC)CC5)ccn4)C3)cc2OC)cc1. The summed E-state index contributed by atoms with van der Waals surface area (Å²) in [4.78, 5) is 34.8. The number of nitrogens with zero attached hydrogens (tertiary/aromatic N) is 4. The third-order valence-corrected chi connectivity index (χ3v) is 8.09. The molecule has 3 heterocycles. The maximum Gasteiger partial charge on any atom is 0.409 e. The van der Waals surface area contributed by atoms with Crippen LogP contribution in [0.4, 0.5) is 4.79 Å². The highest BCUT2D eigenvalue weighted by atomic mass is 16.5. The number of hydrogen-bond donors (Lipinski definition) is 0. The molecular weight excluding hydrogens is 548 g/mol. The van der Waals surface area contributed by atoms with E-state index in [1.54, 1.807) is 35.2 Å². The van der Waals surface area contributed by atoms with Crippen molar-refractivity contribution in [1.29, 1.82) is 0 Å². The fraction of sp³-hybridized carbons (Fsp3) is 0.424. The predicted octanol–water partition coefficient (Wildman–Crippen LogP) is 4.23. The highest BCUT2D eigenvalue weighted by molar-refractivity contribution is 5.93. The number of carbonyl (C=O) groups excluding carboxylic acids is 2. The Hall–Kier alpha value is -4.31. The number of rotatable bonds is 11. The summed E-state index contributed by atoms with van der Waals surface area (Å²) in [5, 5.41) is 0. The second kappa shape index (κ2) is 14.2. The van der Waals surface area contributed by atoms with E-state index in [4.69, 9.17) is 18.9 Å². The molecule has 0 spiro atoms. The molecule has 2 aliphatic heterocycles. The van der Waals surface area contributed by atoms with Crippen molar-refractivity contribution in [3.63, 3.8) is 0 Å². The number of piperazine rings is 1. The number of ether oxygens (including phenoxy) is 4. The molecular formula is C33H40N4O6.